The van der Waals surface area contributed by atoms with Gasteiger partial charge in [-0.1, -0.05) is 67.3 Å². The molecule has 6 nitrogen and oxygen atoms in total. The van der Waals surface area contributed by atoms with E-state index < -0.39 is 5.97 Å². The lowest BCUT2D eigenvalue weighted by molar-refractivity contribution is -0.139. The summed E-state index contributed by atoms with van der Waals surface area (Å²) >= 11 is 0. The second-order valence-corrected chi connectivity index (χ2v) is 10.3. The van der Waals surface area contributed by atoms with E-state index in [1.807, 2.05) is 42.5 Å². The first-order chi connectivity index (χ1) is 21.4. The highest BCUT2D eigenvalue weighted by atomic mass is 16.5. The molecule has 0 saturated heterocycles. The van der Waals surface area contributed by atoms with Crippen LogP contribution < -0.4 is 9.47 Å². The number of ether oxygens (including phenoxy) is 3. The lowest BCUT2D eigenvalue weighted by Crippen LogP contribution is -2.08. The van der Waals surface area contributed by atoms with Crippen LogP contribution in [0, 0.1) is 0 Å². The molecule has 0 aliphatic heterocycles. The van der Waals surface area contributed by atoms with Crippen LogP contribution in [-0.4, -0.2) is 30.9 Å². The van der Waals surface area contributed by atoms with E-state index in [0.29, 0.717) is 41.4 Å². The highest BCUT2D eigenvalue weighted by Crippen LogP contribution is 2.23. The highest BCUT2D eigenvalue weighted by molar-refractivity contribution is 6.06. The van der Waals surface area contributed by atoms with E-state index in [9.17, 15) is 14.4 Å². The quantitative estimate of drug-likeness (QED) is 0.0455. The van der Waals surface area contributed by atoms with Gasteiger partial charge in [-0.15, -0.1) is 0 Å². The predicted octanol–water partition coefficient (Wildman–Crippen LogP) is 8.53. The van der Waals surface area contributed by atoms with Gasteiger partial charge in [0.25, 0.3) is 0 Å². The van der Waals surface area contributed by atoms with E-state index >= 15 is 0 Å². The number of hydrogen-bond acceptors (Lipinski definition) is 6. The topological polar surface area (TPSA) is 78.9 Å². The van der Waals surface area contributed by atoms with Gasteiger partial charge in [-0.05, 0) is 104 Å². The average Bonchev–Trinajstić information content (AvgIpc) is 3.06. The minimum absolute atomic E-state index is 0.133. The van der Waals surface area contributed by atoms with Crippen molar-refractivity contribution >= 4 is 23.8 Å². The van der Waals surface area contributed by atoms with Crippen molar-refractivity contribution in [1.82, 2.24) is 0 Å². The number of esters is 2. The van der Waals surface area contributed by atoms with Gasteiger partial charge in [0.05, 0.1) is 18.8 Å². The first-order valence-corrected chi connectivity index (χ1v) is 14.6. The van der Waals surface area contributed by atoms with E-state index in [1.165, 1.54) is 6.08 Å². The number of hydrogen-bond donors (Lipinski definition) is 0. The normalized spacial score (nSPS) is 10.8. The number of carbonyl (C=O) groups is 3. The van der Waals surface area contributed by atoms with Crippen LogP contribution in [0.1, 0.15) is 58.9 Å². The molecule has 0 aliphatic carbocycles. The van der Waals surface area contributed by atoms with E-state index in [1.54, 1.807) is 73.7 Å². The smallest absolute Gasteiger partial charge is 0.343 e. The Bertz CT molecular complexity index is 1570. The molecule has 0 amide bonds. The van der Waals surface area contributed by atoms with Gasteiger partial charge in [-0.3, -0.25) is 4.79 Å². The molecule has 0 aliphatic rings. The van der Waals surface area contributed by atoms with Crippen LogP contribution in [0.5, 0.6) is 11.5 Å². The van der Waals surface area contributed by atoms with E-state index in [0.717, 1.165) is 42.4 Å². The lowest BCUT2D eigenvalue weighted by atomic mass is 10.1. The molecule has 0 fully saturated rings. The van der Waals surface area contributed by atoms with E-state index in [2.05, 4.69) is 6.58 Å². The summed E-state index contributed by atoms with van der Waals surface area (Å²) in [4.78, 5) is 36.6. The zero-order valence-corrected chi connectivity index (χ0v) is 24.9. The largest absolute Gasteiger partial charge is 0.494 e. The zero-order chi connectivity index (χ0) is 31.1. The Kier molecular flexibility index (Phi) is 11.8. The van der Waals surface area contributed by atoms with Crippen LogP contribution >= 0.6 is 0 Å². The number of ketones is 1. The van der Waals surface area contributed by atoms with E-state index in [4.69, 9.17) is 14.2 Å². The Balaban J connectivity index is 1.17. The lowest BCUT2D eigenvalue weighted by Gasteiger charge is -2.07. The SMILES string of the molecule is C=C(C)C(=O)OCCCCCCOc1ccc(C(=O)/C=C/c2ccc(C(=O)Oc3ccc(-c4ccccc4)cc3)cc2)cc1. The Morgan fingerprint density at radius 2 is 1.25 bits per heavy atom. The number of allylic oxidation sites excluding steroid dienone is 1. The van der Waals surface area contributed by atoms with Crippen molar-refractivity contribution in [2.45, 2.75) is 32.6 Å². The maximum Gasteiger partial charge on any atom is 0.343 e. The molecule has 6 heteroatoms. The standard InChI is InChI=1S/C38H36O6/c1-28(2)37(40)43-27-9-4-3-8-26-42-34-21-19-32(20-22-34)36(39)25-14-29-12-15-33(16-13-29)38(41)44-35-23-17-31(18-24-35)30-10-6-5-7-11-30/h5-7,10-25H,1,3-4,8-9,26-27H2,2H3/b25-14+. The van der Waals surface area contributed by atoms with Crippen LogP contribution in [-0.2, 0) is 9.53 Å². The molecule has 0 N–H and O–H groups in total. The molecule has 0 spiro atoms. The molecule has 0 unspecified atom stereocenters. The third-order valence-corrected chi connectivity index (χ3v) is 6.77. The molecular formula is C38H36O6. The summed E-state index contributed by atoms with van der Waals surface area (Å²) in [6, 6.07) is 31.3. The molecule has 4 rings (SSSR count). The molecule has 0 aromatic heterocycles. The van der Waals surface area contributed by atoms with Crippen LogP contribution in [0.15, 0.2) is 121 Å². The van der Waals surface area contributed by atoms with Gasteiger partial charge in [0.2, 0.25) is 0 Å². The van der Waals surface area contributed by atoms with Crippen LogP contribution in [0.3, 0.4) is 0 Å². The van der Waals surface area contributed by atoms with Crippen LogP contribution in [0.25, 0.3) is 17.2 Å². The molecule has 0 radical (unpaired) electrons. The molecule has 0 bridgehead atoms. The van der Waals surface area contributed by atoms with Crippen molar-refractivity contribution in [2.24, 2.45) is 0 Å². The second-order valence-electron chi connectivity index (χ2n) is 10.3. The third kappa shape index (κ3) is 9.95. The van der Waals surface area contributed by atoms with Crippen molar-refractivity contribution in [3.63, 3.8) is 0 Å². The fourth-order valence-corrected chi connectivity index (χ4v) is 4.26. The third-order valence-electron chi connectivity index (χ3n) is 6.77. The predicted molar refractivity (Wildman–Crippen MR) is 173 cm³/mol. The number of unbranched alkanes of at least 4 members (excludes halogenated alkanes) is 3. The van der Waals surface area contributed by atoms with Crippen LogP contribution in [0.4, 0.5) is 0 Å². The fraction of sp³-hybridized carbons (Fsp3) is 0.184. The van der Waals surface area contributed by atoms with Crippen LogP contribution in [0.2, 0.25) is 0 Å². The fourth-order valence-electron chi connectivity index (χ4n) is 4.26. The highest BCUT2D eigenvalue weighted by Gasteiger charge is 2.09. The molecule has 4 aromatic carbocycles. The zero-order valence-electron chi connectivity index (χ0n) is 24.9. The summed E-state index contributed by atoms with van der Waals surface area (Å²) in [6.07, 6.45) is 6.83. The Morgan fingerprint density at radius 3 is 1.91 bits per heavy atom. The van der Waals surface area contributed by atoms with Crippen molar-refractivity contribution in [1.29, 1.82) is 0 Å². The second kappa shape index (κ2) is 16.4. The van der Waals surface area contributed by atoms with Gasteiger partial charge < -0.3 is 14.2 Å². The van der Waals surface area contributed by atoms with Crippen molar-refractivity contribution in [3.8, 4) is 22.6 Å². The van der Waals surface area contributed by atoms with Gasteiger partial charge in [0.1, 0.15) is 11.5 Å². The summed E-state index contributed by atoms with van der Waals surface area (Å²) in [7, 11) is 0. The van der Waals surface area contributed by atoms with Crippen molar-refractivity contribution < 1.29 is 28.6 Å². The first-order valence-electron chi connectivity index (χ1n) is 14.6. The monoisotopic (exact) mass is 588 g/mol. The summed E-state index contributed by atoms with van der Waals surface area (Å²) in [5.74, 6) is 0.243. The summed E-state index contributed by atoms with van der Waals surface area (Å²) in [5.41, 5.74) is 4.30. The molecule has 0 heterocycles. The van der Waals surface area contributed by atoms with Gasteiger partial charge >= 0.3 is 11.9 Å². The molecular weight excluding hydrogens is 552 g/mol. The number of carbonyl (C=O) groups excluding carboxylic acids is 3. The molecule has 4 aromatic rings. The molecule has 0 atom stereocenters. The number of rotatable bonds is 15. The minimum atomic E-state index is -0.451. The Morgan fingerprint density at radius 1 is 0.659 bits per heavy atom. The molecule has 224 valence electrons. The summed E-state index contributed by atoms with van der Waals surface area (Å²) < 4.78 is 16.4. The van der Waals surface area contributed by atoms with Crippen molar-refractivity contribution in [3.05, 3.63) is 138 Å². The molecule has 0 saturated carbocycles. The van der Waals surface area contributed by atoms with Gasteiger partial charge in [-0.2, -0.15) is 0 Å². The Hall–Kier alpha value is -5.23. The van der Waals surface area contributed by atoms with Gasteiger partial charge in [0.15, 0.2) is 5.78 Å². The Labute approximate surface area is 258 Å². The summed E-state index contributed by atoms with van der Waals surface area (Å²) in [6.45, 7) is 6.17. The first kappa shape index (κ1) is 31.7. The number of benzene rings is 4. The maximum atomic E-state index is 12.6. The molecule has 44 heavy (non-hydrogen) atoms. The van der Waals surface area contributed by atoms with E-state index in [-0.39, 0.29) is 11.8 Å². The average molecular weight is 589 g/mol. The maximum absolute atomic E-state index is 12.6. The van der Waals surface area contributed by atoms with Gasteiger partial charge in [0, 0.05) is 11.1 Å². The minimum Gasteiger partial charge on any atom is -0.494 e. The van der Waals surface area contributed by atoms with Crippen molar-refractivity contribution in [2.75, 3.05) is 13.2 Å². The summed E-state index contributed by atoms with van der Waals surface area (Å²) in [5, 5.41) is 0. The van der Waals surface area contributed by atoms with Gasteiger partial charge in [-0.25, -0.2) is 9.59 Å².